The molecule has 1 aliphatic rings. The normalized spacial score (nSPS) is 18.0. The van der Waals surface area contributed by atoms with Crippen molar-refractivity contribution in [3.63, 3.8) is 0 Å². The number of rotatable bonds is 5. The maximum atomic E-state index is 12.8. The lowest BCUT2D eigenvalue weighted by molar-refractivity contribution is -0.120. The largest absolute Gasteiger partial charge is 0.326 e. The Bertz CT molecular complexity index is 975. The third-order valence-electron chi connectivity index (χ3n) is 5.16. The molecular weight excluding hydrogens is 396 g/mol. The molecule has 28 heavy (non-hydrogen) atoms. The number of nitrogens with one attached hydrogen (secondary N) is 1. The number of hydrogen-bond donors (Lipinski definition) is 1. The molecule has 1 heterocycles. The number of carbonyl (C=O) groups excluding carboxylic acids is 1. The molecule has 0 unspecified atom stereocenters. The third-order valence-corrected chi connectivity index (χ3v) is 7.21. The Morgan fingerprint density at radius 3 is 2.68 bits per heavy atom. The van der Waals surface area contributed by atoms with Crippen LogP contribution in [0.1, 0.15) is 29.5 Å². The molecule has 2 aromatic rings. The van der Waals surface area contributed by atoms with Gasteiger partial charge in [-0.1, -0.05) is 29.8 Å². The van der Waals surface area contributed by atoms with Crippen LogP contribution in [-0.4, -0.2) is 31.7 Å². The summed E-state index contributed by atoms with van der Waals surface area (Å²) in [6, 6.07) is 12.6. The SMILES string of the molecule is Cc1ccc(NC(=O)[C@@H]2CCCN(S(=O)(=O)Cc3cccc(Cl)c3)C2)cc1C. The highest BCUT2D eigenvalue weighted by atomic mass is 35.5. The molecule has 5 nitrogen and oxygen atoms in total. The number of aryl methyl sites for hydroxylation is 2. The van der Waals surface area contributed by atoms with Crippen molar-refractivity contribution in [3.8, 4) is 0 Å². The maximum Gasteiger partial charge on any atom is 0.228 e. The second kappa shape index (κ2) is 8.64. The number of halogens is 1. The first-order chi connectivity index (χ1) is 13.2. The summed E-state index contributed by atoms with van der Waals surface area (Å²) in [4.78, 5) is 12.7. The van der Waals surface area contributed by atoms with Crippen molar-refractivity contribution < 1.29 is 13.2 Å². The second-order valence-corrected chi connectivity index (χ2v) is 9.78. The molecule has 1 fully saturated rings. The van der Waals surface area contributed by atoms with E-state index in [0.717, 1.165) is 16.8 Å². The van der Waals surface area contributed by atoms with E-state index in [1.54, 1.807) is 24.3 Å². The summed E-state index contributed by atoms with van der Waals surface area (Å²) in [5, 5.41) is 3.44. The average Bonchev–Trinajstić information content (AvgIpc) is 2.64. The highest BCUT2D eigenvalue weighted by molar-refractivity contribution is 7.88. The van der Waals surface area contributed by atoms with Crippen molar-refractivity contribution in [2.24, 2.45) is 5.92 Å². The minimum atomic E-state index is -3.51. The van der Waals surface area contributed by atoms with Gasteiger partial charge in [-0.05, 0) is 67.6 Å². The standard InChI is InChI=1S/C21H25ClN2O3S/c1-15-8-9-20(11-16(15)2)23-21(25)18-6-4-10-24(13-18)28(26,27)14-17-5-3-7-19(22)12-17/h3,5,7-9,11-12,18H,4,6,10,13-14H2,1-2H3,(H,23,25)/t18-/m1/s1. The lowest BCUT2D eigenvalue weighted by atomic mass is 9.98. The van der Waals surface area contributed by atoms with E-state index in [0.29, 0.717) is 30.0 Å². The first kappa shape index (κ1) is 20.8. The molecule has 1 atom stereocenters. The minimum absolute atomic E-state index is 0.112. The Kier molecular flexibility index (Phi) is 6.43. The number of piperidine rings is 1. The summed E-state index contributed by atoms with van der Waals surface area (Å²) < 4.78 is 27.1. The van der Waals surface area contributed by atoms with Crippen LogP contribution in [0.3, 0.4) is 0 Å². The zero-order valence-corrected chi connectivity index (χ0v) is 17.7. The summed E-state index contributed by atoms with van der Waals surface area (Å²) in [6.45, 7) is 4.66. The van der Waals surface area contributed by atoms with Gasteiger partial charge in [-0.3, -0.25) is 4.79 Å². The number of sulfonamides is 1. The van der Waals surface area contributed by atoms with Gasteiger partial charge in [-0.2, -0.15) is 0 Å². The molecule has 0 aromatic heterocycles. The Balaban J connectivity index is 1.67. The van der Waals surface area contributed by atoms with Gasteiger partial charge in [0.1, 0.15) is 0 Å². The van der Waals surface area contributed by atoms with Gasteiger partial charge < -0.3 is 5.32 Å². The lowest BCUT2D eigenvalue weighted by Gasteiger charge is -2.31. The van der Waals surface area contributed by atoms with E-state index in [9.17, 15) is 13.2 Å². The van der Waals surface area contributed by atoms with Gasteiger partial charge in [0.25, 0.3) is 0 Å². The molecule has 0 radical (unpaired) electrons. The van der Waals surface area contributed by atoms with Gasteiger partial charge >= 0.3 is 0 Å². The fourth-order valence-electron chi connectivity index (χ4n) is 3.40. The first-order valence-electron chi connectivity index (χ1n) is 9.35. The monoisotopic (exact) mass is 420 g/mol. The summed E-state index contributed by atoms with van der Waals surface area (Å²) in [6.07, 6.45) is 1.35. The number of hydrogen-bond acceptors (Lipinski definition) is 3. The zero-order valence-electron chi connectivity index (χ0n) is 16.1. The zero-order chi connectivity index (χ0) is 20.3. The molecule has 150 valence electrons. The van der Waals surface area contributed by atoms with Gasteiger partial charge in [0.2, 0.25) is 15.9 Å². The third kappa shape index (κ3) is 5.13. The lowest BCUT2D eigenvalue weighted by Crippen LogP contribution is -2.44. The van der Waals surface area contributed by atoms with Gasteiger partial charge in [-0.15, -0.1) is 0 Å². The molecule has 1 N–H and O–H groups in total. The topological polar surface area (TPSA) is 66.5 Å². The first-order valence-corrected chi connectivity index (χ1v) is 11.3. The molecule has 0 spiro atoms. The molecule has 1 amide bonds. The van der Waals surface area contributed by atoms with E-state index in [-0.39, 0.29) is 24.1 Å². The second-order valence-electron chi connectivity index (χ2n) is 7.37. The van der Waals surface area contributed by atoms with Gasteiger partial charge in [0.15, 0.2) is 0 Å². The van der Waals surface area contributed by atoms with Crippen molar-refractivity contribution in [1.29, 1.82) is 0 Å². The van der Waals surface area contributed by atoms with Crippen LogP contribution < -0.4 is 5.32 Å². The van der Waals surface area contributed by atoms with Crippen LogP contribution in [-0.2, 0) is 20.6 Å². The van der Waals surface area contributed by atoms with Crippen molar-refractivity contribution in [2.75, 3.05) is 18.4 Å². The molecular formula is C21H25ClN2O3S. The van der Waals surface area contributed by atoms with Gasteiger partial charge in [0, 0.05) is 23.8 Å². The molecule has 3 rings (SSSR count). The molecule has 7 heteroatoms. The van der Waals surface area contributed by atoms with E-state index in [2.05, 4.69) is 5.32 Å². The predicted molar refractivity (Wildman–Crippen MR) is 113 cm³/mol. The highest BCUT2D eigenvalue weighted by Gasteiger charge is 2.32. The Labute approximate surface area is 171 Å². The van der Waals surface area contributed by atoms with Crippen molar-refractivity contribution in [1.82, 2.24) is 4.31 Å². The van der Waals surface area contributed by atoms with Gasteiger partial charge in [-0.25, -0.2) is 12.7 Å². The van der Waals surface area contributed by atoms with Crippen molar-refractivity contribution in [3.05, 3.63) is 64.2 Å². The summed E-state index contributed by atoms with van der Waals surface area (Å²) >= 11 is 5.96. The van der Waals surface area contributed by atoms with Crippen molar-refractivity contribution in [2.45, 2.75) is 32.4 Å². The van der Waals surface area contributed by atoms with Crippen LogP contribution in [0.15, 0.2) is 42.5 Å². The molecule has 1 saturated heterocycles. The number of anilines is 1. The predicted octanol–water partition coefficient (Wildman–Crippen LogP) is 4.14. The molecule has 1 aliphatic heterocycles. The van der Waals surface area contributed by atoms with Gasteiger partial charge in [0.05, 0.1) is 11.7 Å². The maximum absolute atomic E-state index is 12.8. The Hall–Kier alpha value is -1.89. The fourth-order valence-corrected chi connectivity index (χ4v) is 5.21. The average molecular weight is 421 g/mol. The fraction of sp³-hybridized carbons (Fsp3) is 0.381. The molecule has 2 aromatic carbocycles. The number of benzene rings is 2. The summed E-state index contributed by atoms with van der Waals surface area (Å²) in [7, 11) is -3.51. The van der Waals surface area contributed by atoms with Crippen LogP contribution >= 0.6 is 11.6 Å². The van der Waals surface area contributed by atoms with E-state index >= 15 is 0 Å². The van der Waals surface area contributed by atoms with E-state index in [1.165, 1.54) is 4.31 Å². The quantitative estimate of drug-likeness (QED) is 0.790. The number of nitrogens with zero attached hydrogens (tertiary/aromatic N) is 1. The van der Waals surface area contributed by atoms with Crippen molar-refractivity contribution >= 4 is 33.2 Å². The van der Waals surface area contributed by atoms with Crippen LogP contribution in [0.2, 0.25) is 5.02 Å². The van der Waals surface area contributed by atoms with E-state index < -0.39 is 10.0 Å². The minimum Gasteiger partial charge on any atom is -0.326 e. The molecule has 0 saturated carbocycles. The number of amides is 1. The van der Waals surface area contributed by atoms with E-state index in [1.807, 2.05) is 32.0 Å². The summed E-state index contributed by atoms with van der Waals surface area (Å²) in [5.74, 6) is -0.602. The summed E-state index contributed by atoms with van der Waals surface area (Å²) in [5.41, 5.74) is 3.65. The Morgan fingerprint density at radius 1 is 1.18 bits per heavy atom. The highest BCUT2D eigenvalue weighted by Crippen LogP contribution is 2.24. The smallest absolute Gasteiger partial charge is 0.228 e. The Morgan fingerprint density at radius 2 is 1.96 bits per heavy atom. The number of carbonyl (C=O) groups is 1. The molecule has 0 bridgehead atoms. The van der Waals surface area contributed by atoms with Crippen LogP contribution in [0, 0.1) is 19.8 Å². The molecule has 0 aliphatic carbocycles. The van der Waals surface area contributed by atoms with E-state index in [4.69, 9.17) is 11.6 Å². The van der Waals surface area contributed by atoms with Crippen LogP contribution in [0.4, 0.5) is 5.69 Å². The van der Waals surface area contributed by atoms with Crippen LogP contribution in [0.25, 0.3) is 0 Å². The van der Waals surface area contributed by atoms with Crippen LogP contribution in [0.5, 0.6) is 0 Å².